The SMILES string of the molecule is CC(C)(C)OC(=O)N1C[C@@H]2[C@H](C1)[C@@]2(C#N)c1ccc(-c2ccc3c(c2)C[C@H]2[C@H](Cn4ccnn4)OC(=O)N32)cn1. The fourth-order valence-electron chi connectivity index (χ4n) is 6.65. The standard InChI is InChI=1S/C29H29N7O4/c1-28(2,3)40-26(37)34-13-20-21(14-34)29(20,16-30)25-7-5-18(12-31-25)17-4-6-22-19(10-17)11-23-24(39-27(38)36(22)23)15-35-9-8-32-33-35/h4-10,12,20-21,23-24H,11,13-15H2,1-3H3/t20-,21+,23-,24-,29+/m0/s1. The van der Waals surface area contributed by atoms with E-state index < -0.39 is 11.0 Å². The monoisotopic (exact) mass is 539 g/mol. The highest BCUT2D eigenvalue weighted by Gasteiger charge is 2.71. The van der Waals surface area contributed by atoms with Crippen LogP contribution in [0.1, 0.15) is 32.0 Å². The van der Waals surface area contributed by atoms with Gasteiger partial charge in [0, 0.05) is 42.9 Å². The van der Waals surface area contributed by atoms with Gasteiger partial charge in [-0.1, -0.05) is 17.3 Å². The Morgan fingerprint density at radius 1 is 1.20 bits per heavy atom. The lowest BCUT2D eigenvalue weighted by atomic mass is 9.95. The van der Waals surface area contributed by atoms with Crippen molar-refractivity contribution >= 4 is 17.9 Å². The third-order valence-electron chi connectivity index (χ3n) is 8.55. The highest BCUT2D eigenvalue weighted by Crippen LogP contribution is 2.63. The Balaban J connectivity index is 1.06. The van der Waals surface area contributed by atoms with Crippen LogP contribution in [0.2, 0.25) is 0 Å². The van der Waals surface area contributed by atoms with Crippen LogP contribution in [-0.2, 0) is 27.9 Å². The number of piperidine rings is 1. The molecule has 0 N–H and O–H groups in total. The van der Waals surface area contributed by atoms with Crippen LogP contribution in [0.25, 0.3) is 11.1 Å². The average Bonchev–Trinajstić information content (AvgIpc) is 3.51. The first-order valence-electron chi connectivity index (χ1n) is 13.5. The molecule has 5 atom stereocenters. The Morgan fingerprint density at radius 3 is 2.62 bits per heavy atom. The molecular weight excluding hydrogens is 510 g/mol. The predicted molar refractivity (Wildman–Crippen MR) is 142 cm³/mol. The first-order valence-corrected chi connectivity index (χ1v) is 13.5. The van der Waals surface area contributed by atoms with E-state index in [1.54, 1.807) is 26.9 Å². The van der Waals surface area contributed by atoms with Crippen LogP contribution in [-0.4, -0.2) is 67.9 Å². The summed E-state index contributed by atoms with van der Waals surface area (Å²) in [5.41, 5.74) is 3.42. The van der Waals surface area contributed by atoms with Crippen LogP contribution in [0.15, 0.2) is 48.9 Å². The van der Waals surface area contributed by atoms with Crippen molar-refractivity contribution in [2.24, 2.45) is 11.8 Å². The topological polar surface area (TPSA) is 126 Å². The molecule has 0 bridgehead atoms. The van der Waals surface area contributed by atoms with Gasteiger partial charge in [-0.25, -0.2) is 14.3 Å². The zero-order chi connectivity index (χ0) is 27.8. The molecule has 3 aromatic rings. The first kappa shape index (κ1) is 24.6. The lowest BCUT2D eigenvalue weighted by molar-refractivity contribution is 0.0265. The number of carbonyl (C=O) groups is 2. The number of hydrogen-bond acceptors (Lipinski definition) is 8. The van der Waals surface area contributed by atoms with Crippen LogP contribution in [0.3, 0.4) is 0 Å². The van der Waals surface area contributed by atoms with E-state index in [4.69, 9.17) is 14.5 Å². The van der Waals surface area contributed by atoms with Gasteiger partial charge in [-0.05, 0) is 56.5 Å². The lowest BCUT2D eigenvalue weighted by Crippen LogP contribution is -2.39. The molecular formula is C29H29N7O4. The maximum Gasteiger partial charge on any atom is 0.415 e. The van der Waals surface area contributed by atoms with Crippen molar-refractivity contribution in [1.82, 2.24) is 24.9 Å². The number of carbonyl (C=O) groups excluding carboxylic acids is 2. The number of rotatable bonds is 4. The molecule has 204 valence electrons. The average molecular weight is 540 g/mol. The number of nitriles is 1. The quantitative estimate of drug-likeness (QED) is 0.493. The molecule has 2 saturated heterocycles. The van der Waals surface area contributed by atoms with E-state index in [0.717, 1.165) is 28.1 Å². The number of hydrogen-bond donors (Lipinski definition) is 0. The number of fused-ring (bicyclic) bond motifs is 4. The van der Waals surface area contributed by atoms with Gasteiger partial charge in [-0.15, -0.1) is 5.10 Å². The molecule has 5 heterocycles. The van der Waals surface area contributed by atoms with Gasteiger partial charge in [0.15, 0.2) is 0 Å². The zero-order valence-electron chi connectivity index (χ0n) is 22.5. The molecule has 1 aliphatic carbocycles. The number of pyridine rings is 1. The van der Waals surface area contributed by atoms with Gasteiger partial charge in [0.05, 0.1) is 36.2 Å². The lowest BCUT2D eigenvalue weighted by Gasteiger charge is -2.27. The van der Waals surface area contributed by atoms with E-state index in [1.165, 1.54) is 0 Å². The maximum atomic E-state index is 12.7. The second-order valence-electron chi connectivity index (χ2n) is 12.0. The van der Waals surface area contributed by atoms with Crippen molar-refractivity contribution in [3.63, 3.8) is 0 Å². The number of nitrogens with zero attached hydrogens (tertiary/aromatic N) is 7. The first-order chi connectivity index (χ1) is 19.2. The predicted octanol–water partition coefficient (Wildman–Crippen LogP) is 3.55. The van der Waals surface area contributed by atoms with Gasteiger partial charge in [-0.2, -0.15) is 5.26 Å². The van der Waals surface area contributed by atoms with Crippen LogP contribution < -0.4 is 4.90 Å². The molecule has 1 saturated carbocycles. The molecule has 2 amide bonds. The molecule has 11 heteroatoms. The second-order valence-corrected chi connectivity index (χ2v) is 12.0. The summed E-state index contributed by atoms with van der Waals surface area (Å²) in [7, 11) is 0. The fraction of sp³-hybridized carbons (Fsp3) is 0.448. The summed E-state index contributed by atoms with van der Waals surface area (Å²) >= 11 is 0. The van der Waals surface area contributed by atoms with E-state index in [2.05, 4.69) is 22.4 Å². The highest BCUT2D eigenvalue weighted by atomic mass is 16.6. The summed E-state index contributed by atoms with van der Waals surface area (Å²) < 4.78 is 12.8. The highest BCUT2D eigenvalue weighted by molar-refractivity contribution is 5.94. The van der Waals surface area contributed by atoms with Gasteiger partial charge >= 0.3 is 12.2 Å². The van der Waals surface area contributed by atoms with E-state index in [1.807, 2.05) is 51.2 Å². The third kappa shape index (κ3) is 3.73. The van der Waals surface area contributed by atoms with Gasteiger partial charge in [0.25, 0.3) is 0 Å². The summed E-state index contributed by atoms with van der Waals surface area (Å²) in [5.74, 6) is 0.115. The Hall–Kier alpha value is -4.46. The maximum absolute atomic E-state index is 12.7. The minimum Gasteiger partial charge on any atom is -0.444 e. The number of likely N-dealkylation sites (tertiary alicyclic amines) is 1. The summed E-state index contributed by atoms with van der Waals surface area (Å²) in [6.45, 7) is 7.00. The molecule has 40 heavy (non-hydrogen) atoms. The number of aromatic nitrogens is 4. The number of benzene rings is 1. The largest absolute Gasteiger partial charge is 0.444 e. The van der Waals surface area contributed by atoms with Crippen molar-refractivity contribution in [2.45, 2.75) is 56.9 Å². The number of cyclic esters (lactones) is 1. The molecule has 1 aromatic carbocycles. The Bertz CT molecular complexity index is 1530. The molecule has 4 aliphatic rings. The summed E-state index contributed by atoms with van der Waals surface area (Å²) in [6, 6.07) is 12.4. The van der Waals surface area contributed by atoms with E-state index in [9.17, 15) is 14.9 Å². The van der Waals surface area contributed by atoms with Crippen LogP contribution in [0, 0.1) is 23.2 Å². The van der Waals surface area contributed by atoms with Crippen molar-refractivity contribution in [1.29, 1.82) is 5.26 Å². The molecule has 11 nitrogen and oxygen atoms in total. The third-order valence-corrected chi connectivity index (χ3v) is 8.55. The molecule has 3 aliphatic heterocycles. The van der Waals surface area contributed by atoms with Crippen LogP contribution in [0.5, 0.6) is 0 Å². The van der Waals surface area contributed by atoms with Gasteiger partial charge in [0.2, 0.25) is 0 Å². The van der Waals surface area contributed by atoms with Crippen molar-refractivity contribution in [2.75, 3.05) is 18.0 Å². The molecule has 3 fully saturated rings. The van der Waals surface area contributed by atoms with Crippen molar-refractivity contribution in [3.8, 4) is 17.2 Å². The molecule has 0 spiro atoms. The van der Waals surface area contributed by atoms with Gasteiger partial charge in [0.1, 0.15) is 17.1 Å². The summed E-state index contributed by atoms with van der Waals surface area (Å²) in [6.07, 6.45) is 4.89. The fourth-order valence-corrected chi connectivity index (χ4v) is 6.65. The van der Waals surface area contributed by atoms with E-state index >= 15 is 0 Å². The van der Waals surface area contributed by atoms with Crippen LogP contribution in [0.4, 0.5) is 15.3 Å². The minimum atomic E-state index is -0.667. The minimum absolute atomic E-state index is 0.0575. The number of ether oxygens (including phenoxy) is 2. The van der Waals surface area contributed by atoms with Crippen molar-refractivity contribution < 1.29 is 19.1 Å². The smallest absolute Gasteiger partial charge is 0.415 e. The molecule has 0 unspecified atom stereocenters. The Morgan fingerprint density at radius 2 is 1.98 bits per heavy atom. The Kier molecular flexibility index (Phi) is 5.23. The number of amides is 2. The second kappa shape index (κ2) is 8.52. The Labute approximate surface area is 231 Å². The van der Waals surface area contributed by atoms with Crippen molar-refractivity contribution in [3.05, 3.63) is 60.2 Å². The number of anilines is 1. The van der Waals surface area contributed by atoms with Gasteiger partial charge in [-0.3, -0.25) is 9.88 Å². The normalized spacial score (nSPS) is 28.0. The molecule has 0 radical (unpaired) electrons. The molecule has 2 aromatic heterocycles. The van der Waals surface area contributed by atoms with E-state index in [0.29, 0.717) is 26.1 Å². The van der Waals surface area contributed by atoms with Gasteiger partial charge < -0.3 is 14.4 Å². The van der Waals surface area contributed by atoms with Crippen LogP contribution >= 0.6 is 0 Å². The summed E-state index contributed by atoms with van der Waals surface area (Å²) in [5, 5.41) is 18.0. The zero-order valence-corrected chi connectivity index (χ0v) is 22.5. The van der Waals surface area contributed by atoms with E-state index in [-0.39, 0.29) is 36.2 Å². The summed E-state index contributed by atoms with van der Waals surface area (Å²) in [4.78, 5) is 33.3. The molecule has 7 rings (SSSR count).